The zero-order chi connectivity index (χ0) is 9.73. The van der Waals surface area contributed by atoms with Crippen molar-refractivity contribution >= 4 is 8.56 Å². The first-order valence-electron chi connectivity index (χ1n) is 4.35. The van der Waals surface area contributed by atoms with Crippen molar-refractivity contribution in [2.45, 2.75) is 6.55 Å². The highest BCUT2D eigenvalue weighted by Gasteiger charge is 2.24. The van der Waals surface area contributed by atoms with Crippen LogP contribution in [0.15, 0.2) is 36.1 Å². The van der Waals surface area contributed by atoms with Crippen LogP contribution in [0.2, 0.25) is 6.55 Å². The van der Waals surface area contributed by atoms with Gasteiger partial charge in [0.15, 0.2) is 0 Å². The predicted octanol–water partition coefficient (Wildman–Crippen LogP) is 2.19. The molecular formula is C10H16O2Si. The van der Waals surface area contributed by atoms with E-state index >= 15 is 0 Å². The van der Waals surface area contributed by atoms with Crippen LogP contribution in [-0.2, 0) is 8.85 Å². The summed E-state index contributed by atoms with van der Waals surface area (Å²) in [5.41, 5.74) is 2.07. The van der Waals surface area contributed by atoms with Crippen LogP contribution in [0.3, 0.4) is 0 Å². The summed E-state index contributed by atoms with van der Waals surface area (Å²) in [7, 11) is 1.38. The van der Waals surface area contributed by atoms with E-state index in [0.717, 1.165) is 0 Å². The van der Waals surface area contributed by atoms with Gasteiger partial charge >= 0.3 is 8.56 Å². The first-order chi connectivity index (χ1) is 6.20. The van der Waals surface area contributed by atoms with Crippen molar-refractivity contribution in [1.29, 1.82) is 0 Å². The van der Waals surface area contributed by atoms with Crippen molar-refractivity contribution in [3.63, 3.8) is 0 Å². The van der Waals surface area contributed by atoms with E-state index in [1.54, 1.807) is 14.2 Å². The van der Waals surface area contributed by atoms with E-state index in [1.807, 2.05) is 18.7 Å². The van der Waals surface area contributed by atoms with Crippen LogP contribution in [0.4, 0.5) is 0 Å². The van der Waals surface area contributed by atoms with Crippen LogP contribution in [0, 0.1) is 5.92 Å². The van der Waals surface area contributed by atoms with Gasteiger partial charge in [-0.05, 0) is 12.2 Å². The fourth-order valence-corrected chi connectivity index (χ4v) is 2.09. The van der Waals surface area contributed by atoms with Crippen molar-refractivity contribution in [2.75, 3.05) is 14.2 Å². The lowest BCUT2D eigenvalue weighted by Gasteiger charge is -2.18. The summed E-state index contributed by atoms with van der Waals surface area (Å²) in [6, 6.07) is 0. The largest absolute Gasteiger partial charge is 0.395 e. The van der Waals surface area contributed by atoms with Crippen molar-refractivity contribution < 1.29 is 8.85 Å². The molecule has 0 radical (unpaired) electrons. The molecule has 0 amide bonds. The predicted molar refractivity (Wildman–Crippen MR) is 56.5 cm³/mol. The molecule has 0 saturated carbocycles. The van der Waals surface area contributed by atoms with Gasteiger partial charge < -0.3 is 8.85 Å². The molecule has 0 fully saturated rings. The van der Waals surface area contributed by atoms with Crippen LogP contribution >= 0.6 is 0 Å². The normalized spacial score (nSPS) is 17.8. The molecule has 0 aromatic heterocycles. The second kappa shape index (κ2) is 4.55. The number of rotatable bonds is 4. The Labute approximate surface area is 80.8 Å². The van der Waals surface area contributed by atoms with E-state index in [0.29, 0.717) is 5.92 Å². The smallest absolute Gasteiger partial charge is 0.361 e. The Hall–Kier alpha value is -0.643. The molecule has 1 rings (SSSR count). The molecule has 72 valence electrons. The van der Waals surface area contributed by atoms with Gasteiger partial charge in [-0.2, -0.15) is 0 Å². The summed E-state index contributed by atoms with van der Waals surface area (Å²) >= 11 is 0. The lowest BCUT2D eigenvalue weighted by Crippen LogP contribution is -2.33. The van der Waals surface area contributed by atoms with Gasteiger partial charge in [0.25, 0.3) is 0 Å². The summed E-state index contributed by atoms with van der Waals surface area (Å²) in [6.45, 7) is 2.02. The third kappa shape index (κ3) is 2.95. The third-order valence-electron chi connectivity index (χ3n) is 2.21. The quantitative estimate of drug-likeness (QED) is 0.642. The Morgan fingerprint density at radius 2 is 1.69 bits per heavy atom. The average molecular weight is 196 g/mol. The topological polar surface area (TPSA) is 18.5 Å². The van der Waals surface area contributed by atoms with E-state index in [4.69, 9.17) is 8.85 Å². The molecule has 3 heteroatoms. The summed E-state index contributed by atoms with van der Waals surface area (Å²) in [4.78, 5) is 0. The third-order valence-corrected chi connectivity index (χ3v) is 4.63. The molecule has 0 atom stereocenters. The van der Waals surface area contributed by atoms with Crippen LogP contribution in [0.25, 0.3) is 0 Å². The molecule has 0 saturated heterocycles. The second-order valence-electron chi connectivity index (χ2n) is 3.13. The number of allylic oxidation sites excluding steroid dienone is 5. The monoisotopic (exact) mass is 196 g/mol. The molecular weight excluding hydrogens is 180 g/mol. The van der Waals surface area contributed by atoms with Crippen LogP contribution in [0.5, 0.6) is 0 Å². The van der Waals surface area contributed by atoms with Crippen molar-refractivity contribution in [3.05, 3.63) is 36.1 Å². The highest BCUT2D eigenvalue weighted by molar-refractivity contribution is 6.71. The lowest BCUT2D eigenvalue weighted by molar-refractivity contribution is 0.263. The van der Waals surface area contributed by atoms with E-state index in [-0.39, 0.29) is 0 Å². The van der Waals surface area contributed by atoms with Gasteiger partial charge in [-0.3, -0.25) is 0 Å². The maximum atomic E-state index is 5.33. The highest BCUT2D eigenvalue weighted by Crippen LogP contribution is 2.13. The minimum atomic E-state index is -2.01. The highest BCUT2D eigenvalue weighted by atomic mass is 28.4. The molecule has 0 spiro atoms. The molecule has 0 aliphatic heterocycles. The Morgan fingerprint density at radius 3 is 2.15 bits per heavy atom. The van der Waals surface area contributed by atoms with Crippen molar-refractivity contribution in [2.24, 2.45) is 5.92 Å². The second-order valence-corrected chi connectivity index (χ2v) is 6.31. The molecule has 0 bridgehead atoms. The van der Waals surface area contributed by atoms with Crippen LogP contribution in [0.1, 0.15) is 0 Å². The Bertz CT molecular complexity index is 227. The minimum Gasteiger partial charge on any atom is -0.395 e. The fraction of sp³-hybridized carbons (Fsp3) is 0.400. The maximum absolute atomic E-state index is 5.33. The molecule has 0 heterocycles. The first kappa shape index (κ1) is 10.4. The summed E-state index contributed by atoms with van der Waals surface area (Å²) in [5.74, 6) is 0.414. The lowest BCUT2D eigenvalue weighted by atomic mass is 10.2. The summed E-state index contributed by atoms with van der Waals surface area (Å²) < 4.78 is 10.7. The van der Waals surface area contributed by atoms with Crippen LogP contribution < -0.4 is 0 Å². The SMILES string of the molecule is CO[Si](C)(/C=C/C1C=CC=C1)OC. The number of hydrogen-bond donors (Lipinski definition) is 0. The van der Waals surface area contributed by atoms with Gasteiger partial charge in [-0.15, -0.1) is 0 Å². The van der Waals surface area contributed by atoms with Crippen molar-refractivity contribution in [1.82, 2.24) is 0 Å². The van der Waals surface area contributed by atoms with E-state index in [2.05, 4.69) is 23.9 Å². The zero-order valence-electron chi connectivity index (χ0n) is 8.36. The van der Waals surface area contributed by atoms with Gasteiger partial charge in [-0.25, -0.2) is 0 Å². The Kier molecular flexibility index (Phi) is 3.66. The molecule has 2 nitrogen and oxygen atoms in total. The molecule has 0 aromatic carbocycles. The van der Waals surface area contributed by atoms with Gasteiger partial charge in [0.2, 0.25) is 0 Å². The van der Waals surface area contributed by atoms with Gasteiger partial charge in [0, 0.05) is 20.1 Å². The molecule has 1 aliphatic rings. The fourth-order valence-electron chi connectivity index (χ4n) is 1.08. The van der Waals surface area contributed by atoms with E-state index < -0.39 is 8.56 Å². The maximum Gasteiger partial charge on any atom is 0.361 e. The van der Waals surface area contributed by atoms with Crippen molar-refractivity contribution in [3.8, 4) is 0 Å². The Morgan fingerprint density at radius 1 is 1.15 bits per heavy atom. The average Bonchev–Trinajstić information content (AvgIpc) is 2.67. The summed E-state index contributed by atoms with van der Waals surface area (Å²) in [6.07, 6.45) is 10.5. The zero-order valence-corrected chi connectivity index (χ0v) is 9.36. The Balaban J connectivity index is 2.54. The molecule has 1 aliphatic carbocycles. The molecule has 13 heavy (non-hydrogen) atoms. The van der Waals surface area contributed by atoms with Gasteiger partial charge in [0.1, 0.15) is 0 Å². The van der Waals surface area contributed by atoms with Gasteiger partial charge in [0.05, 0.1) is 0 Å². The molecule has 0 aromatic rings. The molecule has 0 unspecified atom stereocenters. The summed E-state index contributed by atoms with van der Waals surface area (Å²) in [5, 5.41) is 0. The van der Waals surface area contributed by atoms with E-state index in [1.165, 1.54) is 0 Å². The number of hydrogen-bond acceptors (Lipinski definition) is 2. The molecule has 0 N–H and O–H groups in total. The van der Waals surface area contributed by atoms with E-state index in [9.17, 15) is 0 Å². The minimum absolute atomic E-state index is 0.414. The first-order valence-corrected chi connectivity index (χ1v) is 6.74. The standard InChI is InChI=1S/C10H16O2Si/c1-11-13(3,12-2)9-8-10-6-4-5-7-10/h4-10H,1-3H3/b9-8+. The van der Waals surface area contributed by atoms with Gasteiger partial charge in [-0.1, -0.05) is 30.4 Å². The van der Waals surface area contributed by atoms with Crippen LogP contribution in [-0.4, -0.2) is 22.8 Å².